The number of hydrogen-bond acceptors (Lipinski definition) is 4. The van der Waals surface area contributed by atoms with Crippen LogP contribution in [0.25, 0.3) is 9.75 Å². The van der Waals surface area contributed by atoms with Crippen LogP contribution in [-0.4, -0.2) is 4.98 Å². The summed E-state index contributed by atoms with van der Waals surface area (Å²) in [6, 6.07) is 9.39. The predicted molar refractivity (Wildman–Crippen MR) is 92.2 cm³/mol. The normalized spacial score (nSPS) is 11.8. The molecular formula is C17H15F3N2S2. The molecule has 3 aromatic rings. The lowest BCUT2D eigenvalue weighted by Gasteiger charge is -2.08. The van der Waals surface area contributed by atoms with E-state index in [-0.39, 0.29) is 0 Å². The highest BCUT2D eigenvalue weighted by molar-refractivity contribution is 7.21. The molecule has 0 saturated heterocycles. The number of nitrogens with zero attached hydrogens (tertiary/aromatic N) is 1. The van der Waals surface area contributed by atoms with Gasteiger partial charge in [-0.3, -0.25) is 0 Å². The van der Waals surface area contributed by atoms with E-state index in [1.165, 1.54) is 21.9 Å². The molecular weight excluding hydrogens is 353 g/mol. The van der Waals surface area contributed by atoms with Gasteiger partial charge in [0.05, 0.1) is 10.4 Å². The molecule has 126 valence electrons. The molecule has 24 heavy (non-hydrogen) atoms. The number of hydrogen-bond donors (Lipinski definition) is 1. The zero-order valence-electron chi connectivity index (χ0n) is 12.9. The Morgan fingerprint density at radius 1 is 0.958 bits per heavy atom. The summed E-state index contributed by atoms with van der Waals surface area (Å²) in [5.41, 5.74) is 0.190. The minimum absolute atomic E-state index is 0.505. The van der Waals surface area contributed by atoms with Crippen molar-refractivity contribution in [3.63, 3.8) is 0 Å². The molecule has 2 nitrogen and oxygen atoms in total. The van der Waals surface area contributed by atoms with E-state index < -0.39 is 11.7 Å². The molecule has 0 radical (unpaired) electrons. The molecule has 0 bridgehead atoms. The van der Waals surface area contributed by atoms with Gasteiger partial charge >= 0.3 is 6.18 Å². The monoisotopic (exact) mass is 368 g/mol. The van der Waals surface area contributed by atoms with Crippen LogP contribution in [0.5, 0.6) is 0 Å². The van der Waals surface area contributed by atoms with E-state index in [4.69, 9.17) is 0 Å². The van der Waals surface area contributed by atoms with Crippen molar-refractivity contribution in [3.8, 4) is 9.75 Å². The number of rotatable bonds is 5. The van der Waals surface area contributed by atoms with Crippen LogP contribution in [-0.2, 0) is 19.3 Å². The first-order valence-corrected chi connectivity index (χ1v) is 8.93. The predicted octanol–water partition coefficient (Wildman–Crippen LogP) is 5.49. The first-order chi connectivity index (χ1) is 11.4. The van der Waals surface area contributed by atoms with Crippen molar-refractivity contribution in [1.29, 1.82) is 0 Å². The number of aromatic nitrogens is 1. The van der Waals surface area contributed by atoms with Gasteiger partial charge in [0.15, 0.2) is 0 Å². The molecule has 0 spiro atoms. The van der Waals surface area contributed by atoms with Crippen molar-refractivity contribution >= 4 is 22.7 Å². The summed E-state index contributed by atoms with van der Waals surface area (Å²) in [6.07, 6.45) is -2.42. The summed E-state index contributed by atoms with van der Waals surface area (Å²) in [7, 11) is 0. The first kappa shape index (κ1) is 17.1. The van der Waals surface area contributed by atoms with Gasteiger partial charge in [-0.05, 0) is 36.8 Å². The fourth-order valence-corrected chi connectivity index (χ4v) is 4.03. The number of thiophene rings is 1. The molecule has 0 saturated carbocycles. The van der Waals surface area contributed by atoms with Crippen LogP contribution in [0, 0.1) is 6.92 Å². The average molecular weight is 368 g/mol. The third-order valence-electron chi connectivity index (χ3n) is 3.42. The highest BCUT2D eigenvalue weighted by Gasteiger charge is 2.29. The van der Waals surface area contributed by atoms with Crippen molar-refractivity contribution in [2.24, 2.45) is 0 Å². The second-order valence-electron chi connectivity index (χ2n) is 5.33. The number of halogens is 3. The molecule has 2 aromatic heterocycles. The lowest BCUT2D eigenvalue weighted by molar-refractivity contribution is -0.137. The van der Waals surface area contributed by atoms with E-state index >= 15 is 0 Å². The molecule has 0 amide bonds. The second kappa shape index (κ2) is 7.04. The molecule has 0 aliphatic carbocycles. The zero-order chi connectivity index (χ0) is 17.2. The number of alkyl halides is 3. The number of benzene rings is 1. The number of aryl methyl sites for hydroxylation is 1. The average Bonchev–Trinajstić information content (AvgIpc) is 3.16. The van der Waals surface area contributed by atoms with Gasteiger partial charge in [0.1, 0.15) is 5.01 Å². The van der Waals surface area contributed by atoms with Crippen molar-refractivity contribution in [1.82, 2.24) is 10.3 Å². The van der Waals surface area contributed by atoms with E-state index in [1.54, 1.807) is 22.7 Å². The highest BCUT2D eigenvalue weighted by Crippen LogP contribution is 2.32. The number of nitrogens with one attached hydrogen (secondary N) is 1. The van der Waals surface area contributed by atoms with Crippen LogP contribution in [0.15, 0.2) is 42.6 Å². The Hall–Kier alpha value is -1.70. The molecule has 1 aromatic carbocycles. The standard InChI is InChI=1S/C17H15F3N2S2/c1-11-2-7-14(23-11)15-9-22-16(24-15)10-21-8-12-3-5-13(6-4-12)17(18,19)20/h2-7,9,21H,8,10H2,1H3. The van der Waals surface area contributed by atoms with Crippen molar-refractivity contribution in [2.75, 3.05) is 0 Å². The summed E-state index contributed by atoms with van der Waals surface area (Å²) in [5, 5.41) is 4.18. The topological polar surface area (TPSA) is 24.9 Å². The van der Waals surface area contributed by atoms with Crippen LogP contribution < -0.4 is 5.32 Å². The Morgan fingerprint density at radius 3 is 2.33 bits per heavy atom. The Labute approximate surface area is 146 Å². The minimum Gasteiger partial charge on any atom is -0.306 e. The maximum absolute atomic E-state index is 12.5. The Morgan fingerprint density at radius 2 is 1.71 bits per heavy atom. The smallest absolute Gasteiger partial charge is 0.306 e. The van der Waals surface area contributed by atoms with Crippen LogP contribution in [0.1, 0.15) is 21.0 Å². The maximum atomic E-state index is 12.5. The van der Waals surface area contributed by atoms with E-state index in [9.17, 15) is 13.2 Å². The van der Waals surface area contributed by atoms with Gasteiger partial charge in [-0.1, -0.05) is 12.1 Å². The maximum Gasteiger partial charge on any atom is 0.416 e. The lowest BCUT2D eigenvalue weighted by atomic mass is 10.1. The second-order valence-corrected chi connectivity index (χ2v) is 7.73. The fraction of sp³-hybridized carbons (Fsp3) is 0.235. The zero-order valence-corrected chi connectivity index (χ0v) is 14.5. The molecule has 3 rings (SSSR count). The third-order valence-corrected chi connectivity index (χ3v) is 5.62. The largest absolute Gasteiger partial charge is 0.416 e. The summed E-state index contributed by atoms with van der Waals surface area (Å²) < 4.78 is 37.5. The number of thiazole rings is 1. The summed E-state index contributed by atoms with van der Waals surface area (Å²) in [5.74, 6) is 0. The highest BCUT2D eigenvalue weighted by atomic mass is 32.1. The fourth-order valence-electron chi connectivity index (χ4n) is 2.20. The van der Waals surface area contributed by atoms with Gasteiger partial charge in [0.25, 0.3) is 0 Å². The van der Waals surface area contributed by atoms with Gasteiger partial charge < -0.3 is 5.32 Å². The molecule has 2 heterocycles. The van der Waals surface area contributed by atoms with Crippen molar-refractivity contribution < 1.29 is 13.2 Å². The van der Waals surface area contributed by atoms with Crippen LogP contribution in [0.4, 0.5) is 13.2 Å². The van der Waals surface area contributed by atoms with Gasteiger partial charge in [0, 0.05) is 29.0 Å². The first-order valence-electron chi connectivity index (χ1n) is 7.30. The van der Waals surface area contributed by atoms with Crippen molar-refractivity contribution in [2.45, 2.75) is 26.2 Å². The Bertz CT molecular complexity index is 804. The molecule has 0 fully saturated rings. The van der Waals surface area contributed by atoms with E-state index in [1.807, 2.05) is 6.20 Å². The third kappa shape index (κ3) is 4.23. The molecule has 0 unspecified atom stereocenters. The van der Waals surface area contributed by atoms with Crippen molar-refractivity contribution in [3.05, 3.63) is 63.6 Å². The lowest BCUT2D eigenvalue weighted by Crippen LogP contribution is -2.12. The van der Waals surface area contributed by atoms with E-state index in [0.29, 0.717) is 13.1 Å². The summed E-state index contributed by atoms with van der Waals surface area (Å²) in [6.45, 7) is 3.17. The Kier molecular flexibility index (Phi) is 5.03. The quantitative estimate of drug-likeness (QED) is 0.644. The van der Waals surface area contributed by atoms with Crippen LogP contribution >= 0.6 is 22.7 Å². The van der Waals surface area contributed by atoms with Crippen LogP contribution in [0.3, 0.4) is 0 Å². The molecule has 7 heteroatoms. The summed E-state index contributed by atoms with van der Waals surface area (Å²) in [4.78, 5) is 8.00. The SMILES string of the molecule is Cc1ccc(-c2cnc(CNCc3ccc(C(F)(F)F)cc3)s2)s1. The summed E-state index contributed by atoms with van der Waals surface area (Å²) >= 11 is 3.36. The van der Waals surface area contributed by atoms with Gasteiger partial charge in [-0.2, -0.15) is 13.2 Å². The molecule has 1 N–H and O–H groups in total. The van der Waals surface area contributed by atoms with E-state index in [2.05, 4.69) is 29.4 Å². The van der Waals surface area contributed by atoms with Gasteiger partial charge in [-0.15, -0.1) is 22.7 Å². The molecule has 0 atom stereocenters. The molecule has 0 aliphatic heterocycles. The van der Waals surface area contributed by atoms with Crippen LogP contribution in [0.2, 0.25) is 0 Å². The van der Waals surface area contributed by atoms with E-state index in [0.717, 1.165) is 27.6 Å². The minimum atomic E-state index is -4.29. The van der Waals surface area contributed by atoms with Gasteiger partial charge in [0.2, 0.25) is 0 Å². The molecule has 0 aliphatic rings. The Balaban J connectivity index is 1.54. The van der Waals surface area contributed by atoms with Gasteiger partial charge in [-0.25, -0.2) is 4.98 Å².